The van der Waals surface area contributed by atoms with Gasteiger partial charge in [0.1, 0.15) is 0 Å². The molecule has 1 unspecified atom stereocenters. The molecule has 0 radical (unpaired) electrons. The van der Waals surface area contributed by atoms with Gasteiger partial charge in [-0.2, -0.15) is 0 Å². The van der Waals surface area contributed by atoms with Gasteiger partial charge in [0, 0.05) is 12.1 Å². The van der Waals surface area contributed by atoms with E-state index in [0.717, 1.165) is 37.7 Å². The Morgan fingerprint density at radius 2 is 1.96 bits per heavy atom. The number of nitrogens with one attached hydrogen (secondary N) is 1. The molecule has 5 heteroatoms. The number of benzene rings is 1. The third kappa shape index (κ3) is 3.37. The van der Waals surface area contributed by atoms with Gasteiger partial charge in [-0.25, -0.2) is 4.79 Å². The van der Waals surface area contributed by atoms with Crippen molar-refractivity contribution in [1.29, 1.82) is 0 Å². The Balaban J connectivity index is 1.81. The number of carbonyl (C=O) groups is 2. The number of hydrogen-bond acceptors (Lipinski definition) is 3. The van der Waals surface area contributed by atoms with Gasteiger partial charge in [0.2, 0.25) is 0 Å². The highest BCUT2D eigenvalue weighted by Gasteiger charge is 2.52. The lowest BCUT2D eigenvalue weighted by Crippen LogP contribution is -2.59. The van der Waals surface area contributed by atoms with Gasteiger partial charge in [-0.05, 0) is 44.7 Å². The lowest BCUT2D eigenvalue weighted by Gasteiger charge is -2.44. The van der Waals surface area contributed by atoms with Gasteiger partial charge in [-0.3, -0.25) is 4.79 Å². The molecule has 1 N–H and O–H groups in total. The minimum absolute atomic E-state index is 0.00990. The van der Waals surface area contributed by atoms with Gasteiger partial charge in [0.05, 0.1) is 18.2 Å². The summed E-state index contributed by atoms with van der Waals surface area (Å²) in [5, 5.41) is 3.24. The highest BCUT2D eigenvalue weighted by Crippen LogP contribution is 2.42. The summed E-state index contributed by atoms with van der Waals surface area (Å²) in [4.78, 5) is 27.2. The summed E-state index contributed by atoms with van der Waals surface area (Å²) in [5.74, 6) is -0.0428. The number of nitrogens with zero attached hydrogens (tertiary/aromatic N) is 1. The van der Waals surface area contributed by atoms with Crippen LogP contribution in [0.3, 0.4) is 0 Å². The van der Waals surface area contributed by atoms with Gasteiger partial charge < -0.3 is 15.0 Å². The fourth-order valence-corrected chi connectivity index (χ4v) is 4.46. The normalized spacial score (nSPS) is 22.0. The third-order valence-electron chi connectivity index (χ3n) is 5.73. The second-order valence-electron chi connectivity index (χ2n) is 7.14. The zero-order valence-corrected chi connectivity index (χ0v) is 15.2. The Kier molecular flexibility index (Phi) is 5.30. The van der Waals surface area contributed by atoms with Crippen LogP contribution in [0.2, 0.25) is 0 Å². The number of likely N-dealkylation sites (tertiary alicyclic amines) is 1. The minimum atomic E-state index is -0.289. The van der Waals surface area contributed by atoms with Crippen molar-refractivity contribution in [3.8, 4) is 0 Å². The molecule has 1 saturated heterocycles. The molecule has 1 aromatic rings. The number of amides is 2. The first-order valence-electron chi connectivity index (χ1n) is 9.39. The van der Waals surface area contributed by atoms with Crippen LogP contribution >= 0.6 is 0 Å². The van der Waals surface area contributed by atoms with Gasteiger partial charge in [-0.15, -0.1) is 0 Å². The van der Waals surface area contributed by atoms with Crippen LogP contribution < -0.4 is 5.32 Å². The molecule has 5 nitrogen and oxygen atoms in total. The SMILES string of the molecule is CCOC(=O)N1CCC(NC(=O)c2ccccc2C)C12CCCCC2. The maximum Gasteiger partial charge on any atom is 0.410 e. The molecule has 1 aromatic carbocycles. The van der Waals surface area contributed by atoms with Gasteiger partial charge in [-0.1, -0.05) is 37.5 Å². The van der Waals surface area contributed by atoms with E-state index in [1.807, 2.05) is 43.0 Å². The van der Waals surface area contributed by atoms with E-state index in [0.29, 0.717) is 18.7 Å². The molecule has 3 rings (SSSR count). The van der Waals surface area contributed by atoms with Crippen molar-refractivity contribution in [2.75, 3.05) is 13.2 Å². The highest BCUT2D eigenvalue weighted by atomic mass is 16.6. The summed E-state index contributed by atoms with van der Waals surface area (Å²) in [6.45, 7) is 4.81. The molecule has 25 heavy (non-hydrogen) atoms. The van der Waals surface area contributed by atoms with Crippen LogP contribution in [0.15, 0.2) is 24.3 Å². The molecule has 1 atom stereocenters. The van der Waals surface area contributed by atoms with Crippen LogP contribution in [0, 0.1) is 6.92 Å². The number of hydrogen-bond donors (Lipinski definition) is 1. The predicted octanol–water partition coefficient (Wildman–Crippen LogP) is 3.66. The first-order chi connectivity index (χ1) is 12.1. The molecule has 1 aliphatic carbocycles. The van der Waals surface area contributed by atoms with Crippen LogP contribution in [0.4, 0.5) is 4.79 Å². The molecule has 1 saturated carbocycles. The monoisotopic (exact) mass is 344 g/mol. The largest absolute Gasteiger partial charge is 0.450 e. The molecular formula is C20H28N2O3. The van der Waals surface area contributed by atoms with Gasteiger partial charge in [0.15, 0.2) is 0 Å². The zero-order valence-electron chi connectivity index (χ0n) is 15.2. The van der Waals surface area contributed by atoms with E-state index >= 15 is 0 Å². The maximum atomic E-state index is 12.8. The molecule has 136 valence electrons. The van der Waals surface area contributed by atoms with Crippen molar-refractivity contribution in [2.45, 2.75) is 64.0 Å². The van der Waals surface area contributed by atoms with E-state index in [1.54, 1.807) is 0 Å². The molecule has 1 spiro atoms. The summed E-state index contributed by atoms with van der Waals surface area (Å²) in [7, 11) is 0. The lowest BCUT2D eigenvalue weighted by atomic mass is 9.76. The van der Waals surface area contributed by atoms with E-state index < -0.39 is 0 Å². The molecule has 0 bridgehead atoms. The van der Waals surface area contributed by atoms with E-state index in [9.17, 15) is 9.59 Å². The smallest absolute Gasteiger partial charge is 0.410 e. The predicted molar refractivity (Wildman–Crippen MR) is 96.6 cm³/mol. The van der Waals surface area contributed by atoms with Gasteiger partial charge in [0.25, 0.3) is 5.91 Å². The lowest BCUT2D eigenvalue weighted by molar-refractivity contribution is 0.0439. The summed E-state index contributed by atoms with van der Waals surface area (Å²) in [6.07, 6.45) is 5.79. The van der Waals surface area contributed by atoms with Crippen molar-refractivity contribution >= 4 is 12.0 Å². The molecule has 1 aliphatic heterocycles. The topological polar surface area (TPSA) is 58.6 Å². The standard InChI is InChI=1S/C20H28N2O3/c1-3-25-19(24)22-14-11-17(20(22)12-7-4-8-13-20)21-18(23)16-10-6-5-9-15(16)2/h5-6,9-10,17H,3-4,7-8,11-14H2,1-2H3,(H,21,23). The fraction of sp³-hybridized carbons (Fsp3) is 0.600. The van der Waals surface area contributed by atoms with Crippen LogP contribution in [0.1, 0.15) is 61.4 Å². The second-order valence-corrected chi connectivity index (χ2v) is 7.14. The zero-order chi connectivity index (χ0) is 17.9. The van der Waals surface area contributed by atoms with Crippen LogP contribution in [0.25, 0.3) is 0 Å². The number of ether oxygens (including phenoxy) is 1. The summed E-state index contributed by atoms with van der Waals surface area (Å²) >= 11 is 0. The van der Waals surface area contributed by atoms with E-state index in [4.69, 9.17) is 4.74 Å². The van der Waals surface area contributed by atoms with Crippen LogP contribution in [-0.4, -0.2) is 41.6 Å². The van der Waals surface area contributed by atoms with Gasteiger partial charge >= 0.3 is 6.09 Å². The summed E-state index contributed by atoms with van der Waals surface area (Å²) < 4.78 is 5.28. The van der Waals surface area contributed by atoms with Crippen molar-refractivity contribution in [1.82, 2.24) is 10.2 Å². The number of rotatable bonds is 3. The summed E-state index contributed by atoms with van der Waals surface area (Å²) in [6, 6.07) is 7.62. The molecule has 2 amide bonds. The highest BCUT2D eigenvalue weighted by molar-refractivity contribution is 5.96. The number of aryl methyl sites for hydroxylation is 1. The Morgan fingerprint density at radius 1 is 1.24 bits per heavy atom. The van der Waals surface area contributed by atoms with Crippen LogP contribution in [0.5, 0.6) is 0 Å². The first kappa shape index (κ1) is 17.8. The second kappa shape index (κ2) is 7.46. The first-order valence-corrected chi connectivity index (χ1v) is 9.39. The van der Waals surface area contributed by atoms with E-state index in [2.05, 4.69) is 5.32 Å². The minimum Gasteiger partial charge on any atom is -0.450 e. The van der Waals surface area contributed by atoms with Crippen molar-refractivity contribution < 1.29 is 14.3 Å². The average molecular weight is 344 g/mol. The quantitative estimate of drug-likeness (QED) is 0.910. The molecule has 1 heterocycles. The van der Waals surface area contributed by atoms with Crippen molar-refractivity contribution in [3.05, 3.63) is 35.4 Å². The average Bonchev–Trinajstić information content (AvgIpc) is 2.93. The number of carbonyl (C=O) groups excluding carboxylic acids is 2. The van der Waals surface area contributed by atoms with E-state index in [1.165, 1.54) is 6.42 Å². The third-order valence-corrected chi connectivity index (χ3v) is 5.73. The van der Waals surface area contributed by atoms with Crippen molar-refractivity contribution in [2.24, 2.45) is 0 Å². The molecule has 0 aromatic heterocycles. The Hall–Kier alpha value is -2.04. The van der Waals surface area contributed by atoms with Crippen molar-refractivity contribution in [3.63, 3.8) is 0 Å². The molecule has 2 aliphatic rings. The Bertz CT molecular complexity index is 638. The van der Waals surface area contributed by atoms with E-state index in [-0.39, 0.29) is 23.6 Å². The fourth-order valence-electron chi connectivity index (χ4n) is 4.46. The molecule has 2 fully saturated rings. The Morgan fingerprint density at radius 3 is 2.64 bits per heavy atom. The van der Waals surface area contributed by atoms with Crippen LogP contribution in [-0.2, 0) is 4.74 Å². The Labute approximate surface area is 149 Å². The maximum absolute atomic E-state index is 12.8. The molecular weight excluding hydrogens is 316 g/mol. The summed E-state index contributed by atoms with van der Waals surface area (Å²) in [5.41, 5.74) is 1.39.